The number of rotatable bonds is 22. The first kappa shape index (κ1) is 47.9. The molecule has 2 nitrogen and oxygen atoms in total. The summed E-state index contributed by atoms with van der Waals surface area (Å²) in [5, 5.41) is 0. The van der Waals surface area contributed by atoms with Gasteiger partial charge in [-0.3, -0.25) is 0 Å². The summed E-state index contributed by atoms with van der Waals surface area (Å²) in [4.78, 5) is 0. The second-order valence-electron chi connectivity index (χ2n) is 23.9. The summed E-state index contributed by atoms with van der Waals surface area (Å²) in [7, 11) is 0. The first-order valence-corrected chi connectivity index (χ1v) is 28.9. The van der Waals surface area contributed by atoms with Crippen LogP contribution < -0.4 is 0 Å². The maximum absolute atomic E-state index is 6.30. The van der Waals surface area contributed by atoms with Crippen molar-refractivity contribution in [3.8, 4) is 0 Å². The molecule has 0 aromatic heterocycles. The highest BCUT2D eigenvalue weighted by atomic mass is 16.5. The van der Waals surface area contributed by atoms with Crippen molar-refractivity contribution in [2.45, 2.75) is 283 Å². The molecule has 348 valence electrons. The molecule has 7 rings (SSSR count). The van der Waals surface area contributed by atoms with Crippen LogP contribution in [0.25, 0.3) is 0 Å². The molecule has 7 aliphatic carbocycles. The fourth-order valence-electron chi connectivity index (χ4n) is 16.0. The highest BCUT2D eigenvalue weighted by Gasteiger charge is 2.37. The van der Waals surface area contributed by atoms with Crippen molar-refractivity contribution < 1.29 is 9.47 Å². The quantitative estimate of drug-likeness (QED) is 0.101. The van der Waals surface area contributed by atoms with Crippen LogP contribution in [0.2, 0.25) is 0 Å². The average molecular weight is 833 g/mol. The zero-order valence-corrected chi connectivity index (χ0v) is 40.6. The zero-order valence-electron chi connectivity index (χ0n) is 40.6. The summed E-state index contributed by atoms with van der Waals surface area (Å²) < 4.78 is 12.6. The molecule has 7 saturated carbocycles. The Morgan fingerprint density at radius 3 is 0.883 bits per heavy atom. The third kappa shape index (κ3) is 15.5. The molecule has 0 aromatic rings. The molecule has 0 radical (unpaired) electrons. The van der Waals surface area contributed by atoms with E-state index in [0.717, 1.165) is 84.2 Å². The number of ether oxygens (including phenoxy) is 2. The SMILES string of the molecule is CCCCCCOC1CCC(C2CCC(C3CCC(CCC4CCCC(CCC5CCC(C6CCC(C7CCC(OCCCCCC)CC7)CC6)CC5)C4)CC3)CC2)CC1. The fourth-order valence-corrected chi connectivity index (χ4v) is 16.0. The van der Waals surface area contributed by atoms with E-state index >= 15 is 0 Å². The number of hydrogen-bond acceptors (Lipinski definition) is 2. The van der Waals surface area contributed by atoms with Crippen LogP contribution in [0.5, 0.6) is 0 Å². The summed E-state index contributed by atoms with van der Waals surface area (Å²) >= 11 is 0. The van der Waals surface area contributed by atoms with E-state index < -0.39 is 0 Å². The second kappa shape index (κ2) is 26.8. The molecular formula is C58H104O2. The van der Waals surface area contributed by atoms with Gasteiger partial charge in [0, 0.05) is 13.2 Å². The predicted octanol–water partition coefficient (Wildman–Crippen LogP) is 17.9. The van der Waals surface area contributed by atoms with Crippen LogP contribution >= 0.6 is 0 Å². The first-order valence-electron chi connectivity index (χ1n) is 28.9. The van der Waals surface area contributed by atoms with Gasteiger partial charge in [0.2, 0.25) is 0 Å². The van der Waals surface area contributed by atoms with E-state index in [1.54, 1.807) is 154 Å². The van der Waals surface area contributed by atoms with Gasteiger partial charge in [0.15, 0.2) is 0 Å². The lowest BCUT2D eigenvalue weighted by molar-refractivity contribution is 0.00371. The van der Waals surface area contributed by atoms with Gasteiger partial charge in [-0.15, -0.1) is 0 Å². The zero-order chi connectivity index (χ0) is 41.2. The van der Waals surface area contributed by atoms with Crippen molar-refractivity contribution in [1.29, 1.82) is 0 Å². The minimum absolute atomic E-state index is 0.583. The maximum atomic E-state index is 6.30. The maximum Gasteiger partial charge on any atom is 0.0575 e. The fraction of sp³-hybridized carbons (Fsp3) is 1.00. The third-order valence-electron chi connectivity index (χ3n) is 20.1. The molecule has 2 atom stereocenters. The van der Waals surface area contributed by atoms with Crippen molar-refractivity contribution in [2.75, 3.05) is 13.2 Å². The highest BCUT2D eigenvalue weighted by Crippen LogP contribution is 2.49. The molecule has 0 aromatic carbocycles. The summed E-state index contributed by atoms with van der Waals surface area (Å²) in [5.74, 6) is 12.7. The first-order chi connectivity index (χ1) is 29.6. The number of hydrogen-bond donors (Lipinski definition) is 0. The Labute approximate surface area is 375 Å². The normalized spacial score (nSPS) is 39.7. The Bertz CT molecular complexity index is 986. The average Bonchev–Trinajstić information content (AvgIpc) is 3.31. The van der Waals surface area contributed by atoms with Crippen LogP contribution in [-0.4, -0.2) is 25.4 Å². The topological polar surface area (TPSA) is 18.5 Å². The standard InChI is InChI=1S/C58H104O2/c1-3-5-7-9-42-59-57-38-34-55(35-39-57)53-30-26-51(27-31-53)49-22-18-45(19-23-49)14-16-47-12-11-13-48(44-47)17-15-46-20-24-50(25-21-46)52-28-32-54(33-29-52)56-36-40-58(41-37-56)60-43-10-8-6-4-2/h45-58H,3-44H2,1-2H3. The minimum atomic E-state index is 0.583. The molecule has 7 fully saturated rings. The molecule has 0 heterocycles. The Morgan fingerprint density at radius 2 is 0.567 bits per heavy atom. The lowest BCUT2D eigenvalue weighted by Crippen LogP contribution is -2.31. The Kier molecular flexibility index (Phi) is 21.4. The van der Waals surface area contributed by atoms with Crippen LogP contribution in [0.1, 0.15) is 271 Å². The van der Waals surface area contributed by atoms with E-state index in [0.29, 0.717) is 12.2 Å². The monoisotopic (exact) mass is 833 g/mol. The second-order valence-corrected chi connectivity index (χ2v) is 23.9. The summed E-state index contributed by atoms with van der Waals surface area (Å²) in [5.41, 5.74) is 0. The van der Waals surface area contributed by atoms with Gasteiger partial charge in [0.05, 0.1) is 12.2 Å². The van der Waals surface area contributed by atoms with Crippen LogP contribution in [-0.2, 0) is 9.47 Å². The molecule has 2 heteroatoms. The highest BCUT2D eigenvalue weighted by molar-refractivity contribution is 4.89. The molecular weight excluding hydrogens is 729 g/mol. The van der Waals surface area contributed by atoms with Crippen LogP contribution in [0.3, 0.4) is 0 Å². The van der Waals surface area contributed by atoms with Crippen molar-refractivity contribution in [2.24, 2.45) is 71.0 Å². The van der Waals surface area contributed by atoms with E-state index in [9.17, 15) is 0 Å². The van der Waals surface area contributed by atoms with E-state index in [1.165, 1.54) is 103 Å². The van der Waals surface area contributed by atoms with E-state index in [1.807, 2.05) is 0 Å². The molecule has 0 saturated heterocycles. The molecule has 0 aliphatic heterocycles. The van der Waals surface area contributed by atoms with Gasteiger partial charge in [-0.2, -0.15) is 0 Å². The molecule has 60 heavy (non-hydrogen) atoms. The van der Waals surface area contributed by atoms with E-state index in [2.05, 4.69) is 13.8 Å². The van der Waals surface area contributed by atoms with Gasteiger partial charge in [-0.25, -0.2) is 0 Å². The molecule has 0 N–H and O–H groups in total. The van der Waals surface area contributed by atoms with Crippen molar-refractivity contribution in [1.82, 2.24) is 0 Å². The molecule has 7 aliphatic rings. The molecule has 0 amide bonds. The van der Waals surface area contributed by atoms with Gasteiger partial charge >= 0.3 is 0 Å². The van der Waals surface area contributed by atoms with Gasteiger partial charge < -0.3 is 9.47 Å². The van der Waals surface area contributed by atoms with Gasteiger partial charge in [0.1, 0.15) is 0 Å². The molecule has 2 unspecified atom stereocenters. The lowest BCUT2D eigenvalue weighted by Gasteiger charge is -2.41. The van der Waals surface area contributed by atoms with Gasteiger partial charge in [-0.1, -0.05) is 123 Å². The van der Waals surface area contributed by atoms with Gasteiger partial charge in [0.25, 0.3) is 0 Å². The predicted molar refractivity (Wildman–Crippen MR) is 257 cm³/mol. The Hall–Kier alpha value is -0.0800. The van der Waals surface area contributed by atoms with Crippen molar-refractivity contribution >= 4 is 0 Å². The smallest absolute Gasteiger partial charge is 0.0575 e. The van der Waals surface area contributed by atoms with Gasteiger partial charge in [-0.05, 0) is 219 Å². The number of unbranched alkanes of at least 4 members (excludes halogenated alkanes) is 6. The van der Waals surface area contributed by atoms with E-state index in [-0.39, 0.29) is 0 Å². The Morgan fingerprint density at radius 1 is 0.283 bits per heavy atom. The van der Waals surface area contributed by atoms with Crippen molar-refractivity contribution in [3.05, 3.63) is 0 Å². The lowest BCUT2D eigenvalue weighted by atomic mass is 9.65. The van der Waals surface area contributed by atoms with Crippen LogP contribution in [0.4, 0.5) is 0 Å². The molecule has 0 spiro atoms. The summed E-state index contributed by atoms with van der Waals surface area (Å²) in [6, 6.07) is 0. The van der Waals surface area contributed by atoms with Crippen molar-refractivity contribution in [3.63, 3.8) is 0 Å². The van der Waals surface area contributed by atoms with E-state index in [4.69, 9.17) is 9.47 Å². The van der Waals surface area contributed by atoms with Crippen LogP contribution in [0, 0.1) is 71.0 Å². The van der Waals surface area contributed by atoms with Crippen LogP contribution in [0.15, 0.2) is 0 Å². The largest absolute Gasteiger partial charge is 0.378 e. The molecule has 0 bridgehead atoms. The summed E-state index contributed by atoms with van der Waals surface area (Å²) in [6.07, 6.45) is 60.7. The third-order valence-corrected chi connectivity index (χ3v) is 20.1. The summed E-state index contributed by atoms with van der Waals surface area (Å²) in [6.45, 7) is 6.64. The Balaban J connectivity index is 0.687. The minimum Gasteiger partial charge on any atom is -0.378 e.